The van der Waals surface area contributed by atoms with Gasteiger partial charge in [-0.3, -0.25) is 9.59 Å². The van der Waals surface area contributed by atoms with E-state index in [-0.39, 0.29) is 32.2 Å². The average Bonchev–Trinajstić information content (AvgIpc) is 3.44. The Balaban J connectivity index is 4.19. The molecule has 0 saturated heterocycles. The fourth-order valence-electron chi connectivity index (χ4n) is 8.77. The van der Waals surface area contributed by atoms with Gasteiger partial charge in [0.05, 0.1) is 34.4 Å². The number of hydrogen-bond donors (Lipinski definition) is 1. The number of carbonyl (C=O) groups excluding carboxylic acids is 2. The fourth-order valence-corrected chi connectivity index (χ4v) is 8.77. The number of hydrogen-bond acceptors (Lipinski definition) is 7. The van der Waals surface area contributed by atoms with E-state index in [4.69, 9.17) is 18.9 Å². The number of quaternary nitrogens is 1. The Kier molecular flexibility index (Phi) is 58.5. The van der Waals surface area contributed by atoms with Crippen LogP contribution in [0.25, 0.3) is 0 Å². The Morgan fingerprint density at radius 3 is 0.988 bits per heavy atom. The first-order chi connectivity index (χ1) is 39.6. The van der Waals surface area contributed by atoms with Gasteiger partial charge >= 0.3 is 17.9 Å². The monoisotopic (exact) mass is 1130 g/mol. The van der Waals surface area contributed by atoms with E-state index in [2.05, 4.69) is 135 Å². The highest BCUT2D eigenvalue weighted by atomic mass is 16.7. The summed E-state index contributed by atoms with van der Waals surface area (Å²) in [4.78, 5) is 37.6. The molecule has 462 valence electrons. The highest BCUT2D eigenvalue weighted by molar-refractivity contribution is 5.71. The van der Waals surface area contributed by atoms with Gasteiger partial charge in [0.15, 0.2) is 6.10 Å². The van der Waals surface area contributed by atoms with Gasteiger partial charge in [-0.1, -0.05) is 264 Å². The van der Waals surface area contributed by atoms with Gasteiger partial charge in [-0.05, 0) is 103 Å². The molecule has 0 aromatic heterocycles. The molecule has 2 unspecified atom stereocenters. The third kappa shape index (κ3) is 63.1. The quantitative estimate of drug-likeness (QED) is 0.0211. The number of nitrogens with zero attached hydrogens (tertiary/aromatic N) is 1. The molecule has 0 bridgehead atoms. The molecule has 0 radical (unpaired) electrons. The van der Waals surface area contributed by atoms with E-state index in [9.17, 15) is 19.5 Å². The zero-order chi connectivity index (χ0) is 59.1. The van der Waals surface area contributed by atoms with Gasteiger partial charge in [-0.15, -0.1) is 0 Å². The second-order valence-electron chi connectivity index (χ2n) is 22.7. The van der Waals surface area contributed by atoms with Crippen molar-refractivity contribution in [1.29, 1.82) is 0 Å². The predicted octanol–water partition coefficient (Wildman–Crippen LogP) is 20.0. The van der Waals surface area contributed by atoms with Crippen molar-refractivity contribution in [3.63, 3.8) is 0 Å². The van der Waals surface area contributed by atoms with Crippen LogP contribution in [0.15, 0.2) is 122 Å². The van der Waals surface area contributed by atoms with Crippen LogP contribution in [0.1, 0.15) is 258 Å². The summed E-state index contributed by atoms with van der Waals surface area (Å²) >= 11 is 0. The van der Waals surface area contributed by atoms with E-state index in [1.807, 2.05) is 21.1 Å². The fraction of sp³-hybridized carbons (Fsp3) is 0.681. The molecule has 0 aromatic carbocycles. The molecule has 0 fully saturated rings. The van der Waals surface area contributed by atoms with Crippen LogP contribution in [0.2, 0.25) is 0 Å². The topological polar surface area (TPSA) is 108 Å². The van der Waals surface area contributed by atoms with Crippen molar-refractivity contribution in [3.8, 4) is 0 Å². The minimum Gasteiger partial charge on any atom is -0.477 e. The maximum absolute atomic E-state index is 12.9. The normalized spacial score (nSPS) is 13.5. The molecule has 0 aliphatic carbocycles. The third-order valence-corrected chi connectivity index (χ3v) is 13.7. The number of carbonyl (C=O) groups is 3. The molecule has 0 aliphatic heterocycles. The lowest BCUT2D eigenvalue weighted by Crippen LogP contribution is -2.40. The Hall–Kier alpha value is -4.31. The minimum absolute atomic E-state index is 0.181. The van der Waals surface area contributed by atoms with Crippen LogP contribution in [0.4, 0.5) is 0 Å². The maximum Gasteiger partial charge on any atom is 0.361 e. The van der Waals surface area contributed by atoms with Gasteiger partial charge in [0.2, 0.25) is 0 Å². The maximum atomic E-state index is 12.9. The van der Waals surface area contributed by atoms with E-state index >= 15 is 0 Å². The summed E-state index contributed by atoms with van der Waals surface area (Å²) in [6, 6.07) is 0. The Morgan fingerprint density at radius 2 is 0.667 bits per heavy atom. The van der Waals surface area contributed by atoms with E-state index in [0.29, 0.717) is 23.9 Å². The summed E-state index contributed by atoms with van der Waals surface area (Å²) in [6.45, 7) is 4.65. The number of ether oxygens (including phenoxy) is 4. The molecule has 0 heterocycles. The summed E-state index contributed by atoms with van der Waals surface area (Å²) in [5.41, 5.74) is 0. The van der Waals surface area contributed by atoms with Crippen molar-refractivity contribution < 1.29 is 42.9 Å². The van der Waals surface area contributed by atoms with Crippen molar-refractivity contribution in [1.82, 2.24) is 0 Å². The third-order valence-electron chi connectivity index (χ3n) is 13.7. The summed E-state index contributed by atoms with van der Waals surface area (Å²) in [6.07, 6.45) is 84.3. The number of unbranched alkanes of at least 4 members (excludes halogenated alkanes) is 24. The molecular formula is C72H122NO8+. The largest absolute Gasteiger partial charge is 0.477 e. The van der Waals surface area contributed by atoms with Crippen LogP contribution >= 0.6 is 0 Å². The minimum atomic E-state index is -1.52. The Labute approximate surface area is 497 Å². The lowest BCUT2D eigenvalue weighted by Gasteiger charge is -2.25. The zero-order valence-corrected chi connectivity index (χ0v) is 52.7. The molecule has 0 amide bonds. The summed E-state index contributed by atoms with van der Waals surface area (Å²) in [7, 11) is 5.97. The van der Waals surface area contributed by atoms with E-state index in [1.54, 1.807) is 0 Å². The predicted molar refractivity (Wildman–Crippen MR) is 345 cm³/mol. The van der Waals surface area contributed by atoms with Crippen molar-refractivity contribution in [2.75, 3.05) is 47.5 Å². The van der Waals surface area contributed by atoms with Crippen LogP contribution in [0.5, 0.6) is 0 Å². The van der Waals surface area contributed by atoms with Crippen LogP contribution < -0.4 is 0 Å². The SMILES string of the molecule is CC/C=C\C/C=C\C/C=C\C/C=C\C/C=C\C/C=C\CCCCCCCCCCC(=O)OC(COC(=O)CCCCCCCCCCCCCCCCCC/C=C\C/C=C\C/C=C\C/C=C\CC)COC(OCC[N+](C)(C)C)C(=O)O. The first kappa shape index (κ1) is 76.7. The lowest BCUT2D eigenvalue weighted by atomic mass is 10.0. The van der Waals surface area contributed by atoms with Crippen molar-refractivity contribution >= 4 is 17.9 Å². The van der Waals surface area contributed by atoms with E-state index < -0.39 is 24.3 Å². The second kappa shape index (κ2) is 61.8. The van der Waals surface area contributed by atoms with Gasteiger partial charge in [0.1, 0.15) is 13.2 Å². The number of esters is 2. The molecule has 1 N–H and O–H groups in total. The first-order valence-corrected chi connectivity index (χ1v) is 32.7. The van der Waals surface area contributed by atoms with Gasteiger partial charge < -0.3 is 28.5 Å². The van der Waals surface area contributed by atoms with E-state index in [1.165, 1.54) is 116 Å². The number of aliphatic carboxylic acids is 1. The second-order valence-corrected chi connectivity index (χ2v) is 22.7. The molecule has 0 spiro atoms. The molecule has 0 rings (SSSR count). The number of allylic oxidation sites excluding steroid dienone is 20. The summed E-state index contributed by atoms with van der Waals surface area (Å²) < 4.78 is 22.9. The van der Waals surface area contributed by atoms with Gasteiger partial charge in [0.25, 0.3) is 6.29 Å². The standard InChI is InChI=1S/C72H121NO8/c1-6-8-10-12-14-16-18-20-22-24-26-28-30-32-34-35-37-38-40-42-44-46-48-50-52-54-56-58-60-62-69(74)79-66-68(67-80-72(71(76)77)78-65-64-73(3,4)5)81-70(75)63-61-59-57-55-53-51-49-47-45-43-41-39-36-33-31-29-27-25-23-21-19-17-15-13-11-9-7-2/h8-11,14-17,20-23,26-29,33,36,41,43,68,72H,6-7,12-13,18-19,24-25,30-32,34-35,37-40,42,44-67H2,1-5H3/p+1/b10-8-,11-9-,16-14-,17-15-,22-20-,23-21-,28-26-,29-27-,36-33-,43-41-. The molecular weight excluding hydrogens is 1010 g/mol. The van der Waals surface area contributed by atoms with E-state index in [0.717, 1.165) is 109 Å². The van der Waals surface area contributed by atoms with Crippen LogP contribution in [0, 0.1) is 0 Å². The van der Waals surface area contributed by atoms with Crippen molar-refractivity contribution in [2.45, 2.75) is 270 Å². The van der Waals surface area contributed by atoms with Gasteiger partial charge in [-0.25, -0.2) is 4.79 Å². The molecule has 0 aliphatic rings. The zero-order valence-electron chi connectivity index (χ0n) is 52.7. The van der Waals surface area contributed by atoms with Crippen LogP contribution in [0.3, 0.4) is 0 Å². The molecule has 2 atom stereocenters. The molecule has 9 nitrogen and oxygen atoms in total. The molecule has 0 saturated carbocycles. The highest BCUT2D eigenvalue weighted by Gasteiger charge is 2.25. The Bertz CT molecular complexity index is 1740. The number of rotatable bonds is 59. The Morgan fingerprint density at radius 1 is 0.370 bits per heavy atom. The molecule has 81 heavy (non-hydrogen) atoms. The first-order valence-electron chi connectivity index (χ1n) is 32.7. The smallest absolute Gasteiger partial charge is 0.361 e. The number of carboxylic acid groups (broad SMARTS) is 1. The van der Waals surface area contributed by atoms with Gasteiger partial charge in [0, 0.05) is 12.8 Å². The van der Waals surface area contributed by atoms with Gasteiger partial charge in [-0.2, -0.15) is 0 Å². The van der Waals surface area contributed by atoms with Crippen molar-refractivity contribution in [3.05, 3.63) is 122 Å². The average molecular weight is 1130 g/mol. The summed E-state index contributed by atoms with van der Waals surface area (Å²) in [5, 5.41) is 9.74. The van der Waals surface area contributed by atoms with Crippen LogP contribution in [-0.2, 0) is 33.3 Å². The highest BCUT2D eigenvalue weighted by Crippen LogP contribution is 2.16. The van der Waals surface area contributed by atoms with Crippen LogP contribution in [-0.4, -0.2) is 87.4 Å². The lowest BCUT2D eigenvalue weighted by molar-refractivity contribution is -0.870. The molecule has 9 heteroatoms. The number of likely N-dealkylation sites (N-methyl/N-ethyl adjacent to an activating group) is 1. The number of carboxylic acids is 1. The summed E-state index contributed by atoms with van der Waals surface area (Å²) in [5.74, 6) is -2.02. The molecule has 0 aromatic rings. The van der Waals surface area contributed by atoms with Crippen molar-refractivity contribution in [2.24, 2.45) is 0 Å².